The Morgan fingerprint density at radius 1 is 1.15 bits per heavy atom. The zero-order chi connectivity index (χ0) is 14.7. The van der Waals surface area contributed by atoms with E-state index in [1.54, 1.807) is 30.3 Å². The van der Waals surface area contributed by atoms with Crippen LogP contribution in [0.3, 0.4) is 0 Å². The monoisotopic (exact) mass is 310 g/mol. The molecular weight excluding hydrogens is 299 g/mol. The van der Waals surface area contributed by atoms with E-state index in [4.69, 9.17) is 33.7 Å². The zero-order valence-corrected chi connectivity index (χ0v) is 12.1. The van der Waals surface area contributed by atoms with Gasteiger partial charge in [-0.1, -0.05) is 23.2 Å². The summed E-state index contributed by atoms with van der Waals surface area (Å²) in [6.45, 7) is 0. The van der Waals surface area contributed by atoms with Crippen molar-refractivity contribution in [3.63, 3.8) is 0 Å². The van der Waals surface area contributed by atoms with E-state index in [2.05, 4.69) is 5.32 Å². The Balaban J connectivity index is 2.19. The summed E-state index contributed by atoms with van der Waals surface area (Å²) in [7, 11) is 1.52. The Kier molecular flexibility index (Phi) is 4.37. The van der Waals surface area contributed by atoms with Gasteiger partial charge in [-0.25, -0.2) is 0 Å². The van der Waals surface area contributed by atoms with Crippen molar-refractivity contribution in [3.8, 4) is 5.75 Å². The van der Waals surface area contributed by atoms with Crippen molar-refractivity contribution in [2.45, 2.75) is 0 Å². The fourth-order valence-corrected chi connectivity index (χ4v) is 2.05. The summed E-state index contributed by atoms with van der Waals surface area (Å²) in [5, 5.41) is 3.47. The van der Waals surface area contributed by atoms with Gasteiger partial charge in [-0.15, -0.1) is 0 Å². The predicted octanol–water partition coefficient (Wildman–Crippen LogP) is 3.84. The summed E-state index contributed by atoms with van der Waals surface area (Å²) in [6.07, 6.45) is 0. The molecule has 6 heteroatoms. The molecule has 2 rings (SSSR count). The number of nitrogens with one attached hydrogen (secondary N) is 1. The molecule has 3 N–H and O–H groups in total. The second-order valence-electron chi connectivity index (χ2n) is 4.04. The summed E-state index contributed by atoms with van der Waals surface area (Å²) < 4.78 is 5.04. The highest BCUT2D eigenvalue weighted by Crippen LogP contribution is 2.27. The maximum absolute atomic E-state index is 12.1. The molecule has 4 nitrogen and oxygen atoms in total. The molecule has 0 aliphatic heterocycles. The Morgan fingerprint density at radius 3 is 2.50 bits per heavy atom. The number of carbonyl (C=O) groups excluding carboxylic acids is 1. The molecule has 20 heavy (non-hydrogen) atoms. The van der Waals surface area contributed by atoms with Crippen LogP contribution in [0.25, 0.3) is 0 Å². The van der Waals surface area contributed by atoms with E-state index in [1.807, 2.05) is 0 Å². The minimum absolute atomic E-state index is 0.298. The van der Waals surface area contributed by atoms with Crippen molar-refractivity contribution in [1.29, 1.82) is 0 Å². The molecule has 0 aromatic heterocycles. The van der Waals surface area contributed by atoms with Crippen molar-refractivity contribution in [1.82, 2.24) is 0 Å². The van der Waals surface area contributed by atoms with E-state index in [9.17, 15) is 4.79 Å². The zero-order valence-electron chi connectivity index (χ0n) is 10.6. The van der Waals surface area contributed by atoms with Gasteiger partial charge in [-0.05, 0) is 36.4 Å². The molecule has 0 fully saturated rings. The minimum Gasteiger partial charge on any atom is -0.495 e. The smallest absolute Gasteiger partial charge is 0.255 e. The molecule has 104 valence electrons. The van der Waals surface area contributed by atoms with Crippen LogP contribution in [0.15, 0.2) is 36.4 Å². The SMILES string of the molecule is COc1ccc(NC(=O)c2ccc(N)c(Cl)c2)cc1Cl. The lowest BCUT2D eigenvalue weighted by molar-refractivity contribution is 0.102. The number of halogens is 2. The first-order valence-electron chi connectivity index (χ1n) is 5.71. The first-order valence-corrected chi connectivity index (χ1v) is 6.47. The van der Waals surface area contributed by atoms with Crippen LogP contribution in [0, 0.1) is 0 Å². The third-order valence-corrected chi connectivity index (χ3v) is 3.29. The first-order chi connectivity index (χ1) is 9.51. The molecule has 0 spiro atoms. The fourth-order valence-electron chi connectivity index (χ4n) is 1.62. The van der Waals surface area contributed by atoms with Gasteiger partial charge >= 0.3 is 0 Å². The maximum atomic E-state index is 12.1. The van der Waals surface area contributed by atoms with Crippen LogP contribution in [0.4, 0.5) is 11.4 Å². The van der Waals surface area contributed by atoms with E-state index in [0.29, 0.717) is 32.7 Å². The standard InChI is InChI=1S/C14H12Cl2N2O2/c1-20-13-5-3-9(7-11(13)16)18-14(19)8-2-4-12(17)10(15)6-8/h2-7H,17H2,1H3,(H,18,19). The predicted molar refractivity (Wildman–Crippen MR) is 81.8 cm³/mol. The Hall–Kier alpha value is -1.91. The summed E-state index contributed by atoms with van der Waals surface area (Å²) in [4.78, 5) is 12.1. The number of ether oxygens (including phenoxy) is 1. The molecule has 0 unspecified atom stereocenters. The molecule has 0 heterocycles. The van der Waals surface area contributed by atoms with Gasteiger partial charge in [0.25, 0.3) is 5.91 Å². The van der Waals surface area contributed by atoms with Gasteiger partial charge < -0.3 is 15.8 Å². The second kappa shape index (κ2) is 6.03. The molecule has 2 aromatic rings. The lowest BCUT2D eigenvalue weighted by Crippen LogP contribution is -2.12. The number of anilines is 2. The van der Waals surface area contributed by atoms with Gasteiger partial charge in [-0.2, -0.15) is 0 Å². The van der Waals surface area contributed by atoms with E-state index in [0.717, 1.165) is 0 Å². The summed E-state index contributed by atoms with van der Waals surface area (Å²) in [6, 6.07) is 9.67. The lowest BCUT2D eigenvalue weighted by Gasteiger charge is -2.08. The molecule has 2 aromatic carbocycles. The number of rotatable bonds is 3. The lowest BCUT2D eigenvalue weighted by atomic mass is 10.2. The van der Waals surface area contributed by atoms with Crippen LogP contribution >= 0.6 is 23.2 Å². The Bertz CT molecular complexity index is 660. The molecule has 0 bridgehead atoms. The summed E-state index contributed by atoms with van der Waals surface area (Å²) in [5.41, 5.74) is 7.00. The van der Waals surface area contributed by atoms with Gasteiger partial charge in [-0.3, -0.25) is 4.79 Å². The topological polar surface area (TPSA) is 64.3 Å². The molecule has 0 aliphatic carbocycles. The molecule has 0 saturated carbocycles. The number of nitrogens with two attached hydrogens (primary N) is 1. The van der Waals surface area contributed by atoms with Gasteiger partial charge in [0.2, 0.25) is 0 Å². The van der Waals surface area contributed by atoms with Crippen molar-refractivity contribution < 1.29 is 9.53 Å². The van der Waals surface area contributed by atoms with E-state index >= 15 is 0 Å². The van der Waals surface area contributed by atoms with E-state index < -0.39 is 0 Å². The van der Waals surface area contributed by atoms with Crippen LogP contribution in [-0.2, 0) is 0 Å². The van der Waals surface area contributed by atoms with E-state index in [-0.39, 0.29) is 5.91 Å². The number of amides is 1. The molecule has 0 aliphatic rings. The maximum Gasteiger partial charge on any atom is 0.255 e. The number of methoxy groups -OCH3 is 1. The molecule has 0 saturated heterocycles. The van der Waals surface area contributed by atoms with Crippen molar-refractivity contribution in [3.05, 3.63) is 52.0 Å². The average molecular weight is 311 g/mol. The van der Waals surface area contributed by atoms with Crippen LogP contribution in [0.1, 0.15) is 10.4 Å². The summed E-state index contributed by atoms with van der Waals surface area (Å²) >= 11 is 11.9. The van der Waals surface area contributed by atoms with Crippen LogP contribution in [0.5, 0.6) is 5.75 Å². The number of hydrogen-bond acceptors (Lipinski definition) is 3. The highest BCUT2D eigenvalue weighted by atomic mass is 35.5. The third-order valence-electron chi connectivity index (χ3n) is 2.67. The van der Waals surface area contributed by atoms with E-state index in [1.165, 1.54) is 13.2 Å². The van der Waals surface area contributed by atoms with Crippen LogP contribution < -0.4 is 15.8 Å². The number of benzene rings is 2. The van der Waals surface area contributed by atoms with Gasteiger partial charge in [0, 0.05) is 11.3 Å². The quantitative estimate of drug-likeness (QED) is 0.847. The van der Waals surface area contributed by atoms with Crippen molar-refractivity contribution in [2.75, 3.05) is 18.2 Å². The molecule has 0 atom stereocenters. The van der Waals surface area contributed by atoms with Gasteiger partial charge in [0.1, 0.15) is 5.75 Å². The highest BCUT2D eigenvalue weighted by Gasteiger charge is 2.09. The van der Waals surface area contributed by atoms with Gasteiger partial charge in [0.05, 0.1) is 22.8 Å². The third kappa shape index (κ3) is 3.15. The molecular formula is C14H12Cl2N2O2. The minimum atomic E-state index is -0.298. The number of nitrogen functional groups attached to an aromatic ring is 1. The first kappa shape index (κ1) is 14.5. The van der Waals surface area contributed by atoms with Crippen molar-refractivity contribution >= 4 is 40.5 Å². The average Bonchev–Trinajstić information content (AvgIpc) is 2.42. The number of hydrogen-bond donors (Lipinski definition) is 2. The van der Waals surface area contributed by atoms with Crippen LogP contribution in [0.2, 0.25) is 10.0 Å². The molecule has 0 radical (unpaired) electrons. The second-order valence-corrected chi connectivity index (χ2v) is 4.85. The Labute approximate surface area is 126 Å². The van der Waals surface area contributed by atoms with Gasteiger partial charge in [0.15, 0.2) is 0 Å². The highest BCUT2D eigenvalue weighted by molar-refractivity contribution is 6.33. The van der Waals surface area contributed by atoms with Crippen molar-refractivity contribution in [2.24, 2.45) is 0 Å². The Morgan fingerprint density at radius 2 is 1.90 bits per heavy atom. The normalized spacial score (nSPS) is 10.2. The van der Waals surface area contributed by atoms with Crippen LogP contribution in [-0.4, -0.2) is 13.0 Å². The summed E-state index contributed by atoms with van der Waals surface area (Å²) in [5.74, 6) is 0.244. The largest absolute Gasteiger partial charge is 0.495 e. The molecule has 1 amide bonds. The fraction of sp³-hybridized carbons (Fsp3) is 0.0714. The number of carbonyl (C=O) groups is 1.